The molecule has 0 saturated carbocycles. The number of likely N-dealkylation sites (N-methyl/N-ethyl adjacent to an activating group) is 1. The van der Waals surface area contributed by atoms with Crippen molar-refractivity contribution in [2.45, 2.75) is 70.0 Å². The fourth-order valence-corrected chi connectivity index (χ4v) is 5.93. The van der Waals surface area contributed by atoms with Crippen LogP contribution in [0.15, 0.2) is 36.5 Å². The molecule has 0 unspecified atom stereocenters. The fourth-order valence-electron chi connectivity index (χ4n) is 5.93. The SMILES string of the molecule is Cc1ccc2c(c1)[C@H]1C[C@H]3CCC[C@@H]([C@H]1N2CCc1ccc(C)nc1)N3C. The Bertz CT molecular complexity index is 828. The monoisotopic (exact) mass is 361 g/mol. The Morgan fingerprint density at radius 1 is 1.11 bits per heavy atom. The van der Waals surface area contributed by atoms with Crippen LogP contribution in [0.2, 0.25) is 0 Å². The van der Waals surface area contributed by atoms with Crippen molar-refractivity contribution < 1.29 is 0 Å². The Morgan fingerprint density at radius 3 is 2.81 bits per heavy atom. The van der Waals surface area contributed by atoms with E-state index in [4.69, 9.17) is 0 Å². The van der Waals surface area contributed by atoms with Crippen LogP contribution in [0.25, 0.3) is 0 Å². The van der Waals surface area contributed by atoms with E-state index in [2.05, 4.69) is 72.2 Å². The van der Waals surface area contributed by atoms with Gasteiger partial charge in [0.15, 0.2) is 0 Å². The number of pyridine rings is 1. The molecule has 4 atom stereocenters. The highest BCUT2D eigenvalue weighted by Crippen LogP contribution is 2.51. The standard InChI is InChI=1S/C24H31N3/c1-16-7-10-22-20(13-16)21-14-19-5-4-6-23(26(19)3)24(21)27(22)12-11-18-9-8-17(2)25-15-18/h7-10,13,15,19,21,23-24H,4-6,11-12,14H2,1-3H3/t19-,21-,23+,24+/m1/s1. The van der Waals surface area contributed by atoms with Crippen molar-refractivity contribution in [3.05, 3.63) is 58.9 Å². The molecule has 0 spiro atoms. The minimum absolute atomic E-state index is 0.641. The number of fused-ring (bicyclic) bond motifs is 6. The average Bonchev–Trinajstić information content (AvgIpc) is 2.94. The van der Waals surface area contributed by atoms with Gasteiger partial charge in [-0.05, 0) is 69.8 Å². The van der Waals surface area contributed by atoms with Crippen LogP contribution in [-0.2, 0) is 6.42 Å². The third-order valence-electron chi connectivity index (χ3n) is 7.33. The third kappa shape index (κ3) is 2.87. The highest BCUT2D eigenvalue weighted by atomic mass is 15.3. The number of anilines is 1. The van der Waals surface area contributed by atoms with Crippen LogP contribution in [0.5, 0.6) is 0 Å². The second-order valence-corrected chi connectivity index (χ2v) is 8.96. The number of nitrogens with zero attached hydrogens (tertiary/aromatic N) is 3. The zero-order valence-corrected chi connectivity index (χ0v) is 16.9. The van der Waals surface area contributed by atoms with E-state index < -0.39 is 0 Å². The Kier molecular flexibility index (Phi) is 4.23. The second-order valence-electron chi connectivity index (χ2n) is 8.96. The van der Waals surface area contributed by atoms with Gasteiger partial charge >= 0.3 is 0 Å². The van der Waals surface area contributed by atoms with Crippen molar-refractivity contribution >= 4 is 5.69 Å². The summed E-state index contributed by atoms with van der Waals surface area (Å²) in [6.07, 6.45) is 8.59. The van der Waals surface area contributed by atoms with Crippen molar-refractivity contribution in [2.24, 2.45) is 0 Å². The van der Waals surface area contributed by atoms with Gasteiger partial charge in [-0.15, -0.1) is 0 Å². The van der Waals surface area contributed by atoms with Crippen molar-refractivity contribution in [3.63, 3.8) is 0 Å². The highest BCUT2D eigenvalue weighted by molar-refractivity contribution is 5.64. The van der Waals surface area contributed by atoms with Crippen LogP contribution >= 0.6 is 0 Å². The van der Waals surface area contributed by atoms with Gasteiger partial charge in [0.1, 0.15) is 0 Å². The molecule has 2 bridgehead atoms. The van der Waals surface area contributed by atoms with Crippen LogP contribution in [0.1, 0.15) is 54.0 Å². The lowest BCUT2D eigenvalue weighted by Gasteiger charge is -2.52. The highest BCUT2D eigenvalue weighted by Gasteiger charge is 2.50. The topological polar surface area (TPSA) is 19.4 Å². The van der Waals surface area contributed by atoms with Crippen LogP contribution in [0, 0.1) is 13.8 Å². The van der Waals surface area contributed by atoms with Crippen LogP contribution in [0.4, 0.5) is 5.69 Å². The molecule has 2 saturated heterocycles. The van der Waals surface area contributed by atoms with E-state index in [1.54, 1.807) is 5.56 Å². The first-order chi connectivity index (χ1) is 13.1. The molecule has 0 N–H and O–H groups in total. The predicted molar refractivity (Wildman–Crippen MR) is 112 cm³/mol. The van der Waals surface area contributed by atoms with E-state index in [0.717, 1.165) is 24.7 Å². The number of piperidine rings is 2. The minimum atomic E-state index is 0.641. The van der Waals surface area contributed by atoms with Gasteiger partial charge in [0.05, 0.1) is 6.04 Å². The van der Waals surface area contributed by atoms with E-state index in [9.17, 15) is 0 Å². The lowest BCUT2D eigenvalue weighted by atomic mass is 9.74. The molecular formula is C24H31N3. The molecule has 2 aromatic rings. The van der Waals surface area contributed by atoms with Gasteiger partial charge in [-0.25, -0.2) is 0 Å². The smallest absolute Gasteiger partial charge is 0.0515 e. The maximum absolute atomic E-state index is 4.50. The Balaban J connectivity index is 1.48. The number of benzene rings is 1. The zero-order chi connectivity index (χ0) is 18.5. The summed E-state index contributed by atoms with van der Waals surface area (Å²) in [6.45, 7) is 5.40. The van der Waals surface area contributed by atoms with E-state index in [-0.39, 0.29) is 0 Å². The molecule has 1 aromatic heterocycles. The molecule has 2 fully saturated rings. The maximum atomic E-state index is 4.50. The van der Waals surface area contributed by atoms with Gasteiger partial charge < -0.3 is 4.90 Å². The van der Waals surface area contributed by atoms with Gasteiger partial charge in [-0.1, -0.05) is 30.2 Å². The maximum Gasteiger partial charge on any atom is 0.0515 e. The first kappa shape index (κ1) is 17.2. The van der Waals surface area contributed by atoms with E-state index >= 15 is 0 Å². The Hall–Kier alpha value is -1.87. The van der Waals surface area contributed by atoms with Gasteiger partial charge in [0, 0.05) is 42.1 Å². The molecule has 27 heavy (non-hydrogen) atoms. The van der Waals surface area contributed by atoms with Crippen molar-refractivity contribution in [2.75, 3.05) is 18.5 Å². The Morgan fingerprint density at radius 2 is 2.00 bits per heavy atom. The van der Waals surface area contributed by atoms with Crippen molar-refractivity contribution in [1.29, 1.82) is 0 Å². The van der Waals surface area contributed by atoms with Gasteiger partial charge in [-0.2, -0.15) is 0 Å². The van der Waals surface area contributed by atoms with Crippen LogP contribution < -0.4 is 4.90 Å². The van der Waals surface area contributed by atoms with Crippen LogP contribution in [0.3, 0.4) is 0 Å². The molecule has 1 aromatic carbocycles. The Labute approximate surface area is 163 Å². The molecule has 5 rings (SSSR count). The van der Waals surface area contributed by atoms with E-state index in [1.165, 1.54) is 42.5 Å². The molecule has 0 amide bonds. The van der Waals surface area contributed by atoms with Crippen molar-refractivity contribution in [3.8, 4) is 0 Å². The molecule has 3 aliphatic heterocycles. The largest absolute Gasteiger partial charge is 0.366 e. The number of aryl methyl sites for hydroxylation is 2. The average molecular weight is 362 g/mol. The number of hydrogen-bond donors (Lipinski definition) is 0. The quantitative estimate of drug-likeness (QED) is 0.804. The summed E-state index contributed by atoms with van der Waals surface area (Å²) in [4.78, 5) is 9.96. The summed E-state index contributed by atoms with van der Waals surface area (Å²) in [5, 5.41) is 0. The summed E-state index contributed by atoms with van der Waals surface area (Å²) in [6, 6.07) is 13.7. The normalized spacial score (nSPS) is 29.5. The molecule has 3 nitrogen and oxygen atoms in total. The van der Waals surface area contributed by atoms with Gasteiger partial charge in [-0.3, -0.25) is 9.88 Å². The molecule has 0 radical (unpaired) electrons. The molecule has 4 heterocycles. The first-order valence-electron chi connectivity index (χ1n) is 10.6. The first-order valence-corrected chi connectivity index (χ1v) is 10.6. The molecule has 3 aliphatic rings. The summed E-state index contributed by atoms with van der Waals surface area (Å²) >= 11 is 0. The zero-order valence-electron chi connectivity index (χ0n) is 16.9. The summed E-state index contributed by atoms with van der Waals surface area (Å²) in [5.41, 5.74) is 6.97. The number of aromatic nitrogens is 1. The second kappa shape index (κ2) is 6.63. The molecule has 0 aliphatic carbocycles. The van der Waals surface area contributed by atoms with E-state index in [0.29, 0.717) is 18.0 Å². The van der Waals surface area contributed by atoms with Gasteiger partial charge in [0.25, 0.3) is 0 Å². The number of rotatable bonds is 3. The molecule has 142 valence electrons. The lowest BCUT2D eigenvalue weighted by Crippen LogP contribution is -2.60. The predicted octanol–water partition coefficient (Wildman–Crippen LogP) is 4.47. The summed E-state index contributed by atoms with van der Waals surface area (Å²) < 4.78 is 0. The third-order valence-corrected chi connectivity index (χ3v) is 7.33. The van der Waals surface area contributed by atoms with Gasteiger partial charge in [0.2, 0.25) is 0 Å². The molecular weight excluding hydrogens is 330 g/mol. The summed E-state index contributed by atoms with van der Waals surface area (Å²) in [5.74, 6) is 0.711. The van der Waals surface area contributed by atoms with E-state index in [1.807, 2.05) is 0 Å². The minimum Gasteiger partial charge on any atom is -0.366 e. The van der Waals surface area contributed by atoms with Crippen molar-refractivity contribution in [1.82, 2.24) is 9.88 Å². The fraction of sp³-hybridized carbons (Fsp3) is 0.542. The number of hydrogen-bond acceptors (Lipinski definition) is 3. The lowest BCUT2D eigenvalue weighted by molar-refractivity contribution is 0.0412. The molecule has 3 heteroatoms. The van der Waals surface area contributed by atoms with Crippen LogP contribution in [-0.4, -0.2) is 41.6 Å². The summed E-state index contributed by atoms with van der Waals surface area (Å²) in [7, 11) is 2.38.